The van der Waals surface area contributed by atoms with Gasteiger partial charge in [-0.25, -0.2) is 0 Å². The molecule has 2 heterocycles. The monoisotopic (exact) mass is 331 g/mol. The van der Waals surface area contributed by atoms with Crippen molar-refractivity contribution < 1.29 is 9.53 Å². The zero-order valence-electron chi connectivity index (χ0n) is 14.7. The van der Waals surface area contributed by atoms with Gasteiger partial charge in [0.2, 0.25) is 5.91 Å². The number of piperidine rings is 1. The fourth-order valence-electron chi connectivity index (χ4n) is 3.61. The maximum Gasteiger partial charge on any atom is 0.224 e. The molecule has 2 fully saturated rings. The Labute approximate surface area is 145 Å². The lowest BCUT2D eigenvalue weighted by Gasteiger charge is -2.39. The predicted octanol–water partition coefficient (Wildman–Crippen LogP) is 1.84. The van der Waals surface area contributed by atoms with Crippen LogP contribution in [0.25, 0.3) is 0 Å². The Bertz CT molecular complexity index is 517. The molecule has 1 atom stereocenters. The lowest BCUT2D eigenvalue weighted by atomic mass is 10.0. The molecule has 5 nitrogen and oxygen atoms in total. The number of hydrogen-bond donors (Lipinski definition) is 0. The van der Waals surface area contributed by atoms with Gasteiger partial charge in [0, 0.05) is 50.9 Å². The number of benzene rings is 1. The molecule has 2 saturated heterocycles. The number of morpholine rings is 1. The zero-order valence-corrected chi connectivity index (χ0v) is 14.7. The van der Waals surface area contributed by atoms with E-state index in [0.717, 1.165) is 32.7 Å². The van der Waals surface area contributed by atoms with E-state index < -0.39 is 0 Å². The topological polar surface area (TPSA) is 36.0 Å². The fourth-order valence-corrected chi connectivity index (χ4v) is 3.61. The number of nitrogens with zero attached hydrogens (tertiary/aromatic N) is 3. The highest BCUT2D eigenvalue weighted by atomic mass is 16.5. The molecule has 0 aliphatic carbocycles. The number of likely N-dealkylation sites (N-methyl/N-ethyl adjacent to an activating group) is 1. The van der Waals surface area contributed by atoms with Crippen LogP contribution in [0.1, 0.15) is 19.3 Å². The summed E-state index contributed by atoms with van der Waals surface area (Å²) in [5.74, 6) is 0.265. The molecule has 24 heavy (non-hydrogen) atoms. The van der Waals surface area contributed by atoms with E-state index in [1.54, 1.807) is 0 Å². The van der Waals surface area contributed by atoms with Crippen LogP contribution in [0.2, 0.25) is 0 Å². The number of para-hydroxylation sites is 1. The first-order chi connectivity index (χ1) is 11.7. The Hall–Kier alpha value is -1.59. The smallest absolute Gasteiger partial charge is 0.224 e. The van der Waals surface area contributed by atoms with Crippen LogP contribution in [-0.2, 0) is 9.53 Å². The first-order valence-corrected chi connectivity index (χ1v) is 9.10. The van der Waals surface area contributed by atoms with Gasteiger partial charge in [0.05, 0.1) is 13.2 Å². The fraction of sp³-hybridized carbons (Fsp3) is 0.632. The maximum absolute atomic E-state index is 12.3. The molecular weight excluding hydrogens is 302 g/mol. The molecule has 0 saturated carbocycles. The van der Waals surface area contributed by atoms with Crippen LogP contribution in [-0.4, -0.2) is 74.7 Å². The van der Waals surface area contributed by atoms with Crippen molar-refractivity contribution in [3.05, 3.63) is 30.3 Å². The molecule has 2 aliphatic rings. The first kappa shape index (κ1) is 17.2. The van der Waals surface area contributed by atoms with Gasteiger partial charge in [0.15, 0.2) is 0 Å². The number of hydrogen-bond acceptors (Lipinski definition) is 4. The van der Waals surface area contributed by atoms with Crippen LogP contribution in [0.5, 0.6) is 0 Å². The zero-order chi connectivity index (χ0) is 16.8. The van der Waals surface area contributed by atoms with E-state index in [4.69, 9.17) is 4.74 Å². The van der Waals surface area contributed by atoms with Crippen molar-refractivity contribution in [1.82, 2.24) is 9.80 Å². The highest BCUT2D eigenvalue weighted by Gasteiger charge is 2.24. The summed E-state index contributed by atoms with van der Waals surface area (Å²) < 4.78 is 5.31. The van der Waals surface area contributed by atoms with Crippen molar-refractivity contribution in [2.75, 3.05) is 57.9 Å². The number of carbonyl (C=O) groups is 1. The molecule has 0 radical (unpaired) electrons. The van der Waals surface area contributed by atoms with Crippen molar-refractivity contribution >= 4 is 11.6 Å². The number of rotatable bonds is 5. The predicted molar refractivity (Wildman–Crippen MR) is 96.3 cm³/mol. The summed E-state index contributed by atoms with van der Waals surface area (Å²) in [5, 5.41) is 0. The SMILES string of the molecule is CN(CCC(=O)N1CCOCC1)[C@H]1CCCN(c2ccccc2)C1. The molecule has 1 amide bonds. The number of ether oxygens (including phenoxy) is 1. The molecule has 2 aliphatic heterocycles. The summed E-state index contributed by atoms with van der Waals surface area (Å²) in [6.45, 7) is 5.85. The molecule has 1 aromatic rings. The summed E-state index contributed by atoms with van der Waals surface area (Å²) in [7, 11) is 2.16. The molecule has 0 spiro atoms. The van der Waals surface area contributed by atoms with Crippen molar-refractivity contribution in [2.45, 2.75) is 25.3 Å². The van der Waals surface area contributed by atoms with Gasteiger partial charge in [-0.1, -0.05) is 18.2 Å². The number of anilines is 1. The average molecular weight is 331 g/mol. The van der Waals surface area contributed by atoms with Crippen LogP contribution in [0.4, 0.5) is 5.69 Å². The summed E-state index contributed by atoms with van der Waals surface area (Å²) in [6.07, 6.45) is 3.03. The standard InChI is InChI=1S/C19H29N3O2/c1-20(11-9-19(23)21-12-14-24-15-13-21)18-8-5-10-22(16-18)17-6-3-2-4-7-17/h2-4,6-7,18H,5,8-16H2,1H3/t18-/m0/s1. The van der Waals surface area contributed by atoms with E-state index >= 15 is 0 Å². The van der Waals surface area contributed by atoms with Crippen molar-refractivity contribution in [2.24, 2.45) is 0 Å². The quantitative estimate of drug-likeness (QED) is 0.825. The van der Waals surface area contributed by atoms with E-state index in [1.807, 2.05) is 4.90 Å². The summed E-state index contributed by atoms with van der Waals surface area (Å²) in [5.41, 5.74) is 1.31. The van der Waals surface area contributed by atoms with Gasteiger partial charge < -0.3 is 19.4 Å². The molecular formula is C19H29N3O2. The minimum Gasteiger partial charge on any atom is -0.378 e. The van der Waals surface area contributed by atoms with E-state index in [2.05, 4.69) is 47.2 Å². The van der Waals surface area contributed by atoms with E-state index in [9.17, 15) is 4.79 Å². The Kier molecular flexibility index (Phi) is 6.10. The van der Waals surface area contributed by atoms with E-state index in [1.165, 1.54) is 18.5 Å². The molecule has 0 unspecified atom stereocenters. The van der Waals surface area contributed by atoms with Crippen LogP contribution in [0.15, 0.2) is 30.3 Å². The molecule has 3 rings (SSSR count). The average Bonchev–Trinajstić information content (AvgIpc) is 2.67. The molecule has 5 heteroatoms. The molecule has 0 bridgehead atoms. The second-order valence-corrected chi connectivity index (χ2v) is 6.80. The Morgan fingerprint density at radius 2 is 1.96 bits per heavy atom. The maximum atomic E-state index is 12.3. The van der Waals surface area contributed by atoms with Gasteiger partial charge >= 0.3 is 0 Å². The highest BCUT2D eigenvalue weighted by molar-refractivity contribution is 5.76. The van der Waals surface area contributed by atoms with Gasteiger partial charge in [-0.2, -0.15) is 0 Å². The first-order valence-electron chi connectivity index (χ1n) is 9.10. The van der Waals surface area contributed by atoms with Crippen LogP contribution >= 0.6 is 0 Å². The van der Waals surface area contributed by atoms with Crippen molar-refractivity contribution in [3.63, 3.8) is 0 Å². The minimum absolute atomic E-state index is 0.265. The lowest BCUT2D eigenvalue weighted by Crippen LogP contribution is -2.48. The summed E-state index contributed by atoms with van der Waals surface area (Å²) >= 11 is 0. The summed E-state index contributed by atoms with van der Waals surface area (Å²) in [6, 6.07) is 11.2. The second-order valence-electron chi connectivity index (χ2n) is 6.80. The third-order valence-corrected chi connectivity index (χ3v) is 5.18. The van der Waals surface area contributed by atoms with E-state index in [0.29, 0.717) is 25.7 Å². The molecule has 0 aromatic heterocycles. The van der Waals surface area contributed by atoms with Crippen molar-refractivity contribution in [3.8, 4) is 0 Å². The van der Waals surface area contributed by atoms with E-state index in [-0.39, 0.29) is 5.91 Å². The molecule has 1 aromatic carbocycles. The van der Waals surface area contributed by atoms with Crippen molar-refractivity contribution in [1.29, 1.82) is 0 Å². The van der Waals surface area contributed by atoms with Crippen LogP contribution < -0.4 is 4.90 Å². The second kappa shape index (κ2) is 8.49. The molecule has 132 valence electrons. The van der Waals surface area contributed by atoms with Gasteiger partial charge in [-0.05, 0) is 32.0 Å². The highest BCUT2D eigenvalue weighted by Crippen LogP contribution is 2.21. The Morgan fingerprint density at radius 3 is 2.71 bits per heavy atom. The third kappa shape index (κ3) is 4.48. The minimum atomic E-state index is 0.265. The van der Waals surface area contributed by atoms with Gasteiger partial charge in [0.1, 0.15) is 0 Å². The van der Waals surface area contributed by atoms with Gasteiger partial charge in [0.25, 0.3) is 0 Å². The van der Waals surface area contributed by atoms with Gasteiger partial charge in [-0.3, -0.25) is 4.79 Å². The van der Waals surface area contributed by atoms with Crippen LogP contribution in [0.3, 0.4) is 0 Å². The Morgan fingerprint density at radius 1 is 1.21 bits per heavy atom. The Balaban J connectivity index is 1.47. The number of amides is 1. The lowest BCUT2D eigenvalue weighted by molar-refractivity contribution is -0.135. The normalized spacial score (nSPS) is 22.0. The van der Waals surface area contributed by atoms with Crippen LogP contribution in [0, 0.1) is 0 Å². The largest absolute Gasteiger partial charge is 0.378 e. The van der Waals surface area contributed by atoms with Gasteiger partial charge in [-0.15, -0.1) is 0 Å². The molecule has 0 N–H and O–H groups in total. The summed E-state index contributed by atoms with van der Waals surface area (Å²) in [4.78, 5) is 19.1. The third-order valence-electron chi connectivity index (χ3n) is 5.18. The number of carbonyl (C=O) groups excluding carboxylic acids is 1.